The molecule has 4 rings (SSSR count). The van der Waals surface area contributed by atoms with Crippen LogP contribution in [0.25, 0.3) is 0 Å². The van der Waals surface area contributed by atoms with E-state index in [1.807, 2.05) is 41.6 Å². The molecule has 0 atom stereocenters. The summed E-state index contributed by atoms with van der Waals surface area (Å²) < 4.78 is 3.48. The van der Waals surface area contributed by atoms with Crippen LogP contribution in [-0.2, 0) is 13.2 Å². The second kappa shape index (κ2) is 7.94. The van der Waals surface area contributed by atoms with Crippen LogP contribution in [0.5, 0.6) is 0 Å². The quantitative estimate of drug-likeness (QED) is 0.676. The molecule has 27 heavy (non-hydrogen) atoms. The fourth-order valence-corrected chi connectivity index (χ4v) is 3.46. The summed E-state index contributed by atoms with van der Waals surface area (Å²) in [5.74, 6) is -0.0170. The summed E-state index contributed by atoms with van der Waals surface area (Å²) >= 11 is 6.06. The lowest BCUT2D eigenvalue weighted by Crippen LogP contribution is -2.48. The molecule has 3 heterocycles. The average Bonchev–Trinajstić information content (AvgIpc) is 3.34. The van der Waals surface area contributed by atoms with Gasteiger partial charge in [-0.25, -0.2) is 0 Å². The van der Waals surface area contributed by atoms with Crippen molar-refractivity contribution in [1.82, 2.24) is 29.4 Å². The van der Waals surface area contributed by atoms with Crippen molar-refractivity contribution in [2.45, 2.75) is 13.2 Å². The Bertz CT molecular complexity index is 899. The van der Waals surface area contributed by atoms with Crippen molar-refractivity contribution in [2.75, 3.05) is 26.2 Å². The molecular weight excluding hydrogens is 364 g/mol. The van der Waals surface area contributed by atoms with Crippen LogP contribution in [0.3, 0.4) is 0 Å². The molecule has 0 spiro atoms. The van der Waals surface area contributed by atoms with E-state index < -0.39 is 0 Å². The minimum atomic E-state index is -0.0170. The molecule has 0 bridgehead atoms. The van der Waals surface area contributed by atoms with Crippen LogP contribution in [0.1, 0.15) is 16.1 Å². The molecule has 7 nitrogen and oxygen atoms in total. The summed E-state index contributed by atoms with van der Waals surface area (Å²) in [6.07, 6.45) is 5.39. The molecule has 0 aliphatic carbocycles. The zero-order valence-corrected chi connectivity index (χ0v) is 15.7. The number of carbonyl (C=O) groups excluding carboxylic acids is 1. The maximum absolute atomic E-state index is 12.7. The van der Waals surface area contributed by atoms with Gasteiger partial charge >= 0.3 is 0 Å². The predicted octanol–water partition coefficient (Wildman–Crippen LogP) is 2.20. The van der Waals surface area contributed by atoms with E-state index in [1.54, 1.807) is 21.6 Å². The number of halogens is 1. The Morgan fingerprint density at radius 2 is 1.89 bits per heavy atom. The molecule has 1 fully saturated rings. The van der Waals surface area contributed by atoms with E-state index in [9.17, 15) is 4.79 Å². The molecule has 1 aliphatic rings. The van der Waals surface area contributed by atoms with Gasteiger partial charge in [-0.15, -0.1) is 0 Å². The minimum absolute atomic E-state index is 0.0170. The first-order valence-corrected chi connectivity index (χ1v) is 9.32. The van der Waals surface area contributed by atoms with Crippen LogP contribution in [0.15, 0.2) is 55.0 Å². The number of aromatic nitrogens is 4. The van der Waals surface area contributed by atoms with Crippen molar-refractivity contribution >= 4 is 17.5 Å². The van der Waals surface area contributed by atoms with Crippen molar-refractivity contribution < 1.29 is 4.79 Å². The number of hydrogen-bond acceptors (Lipinski definition) is 4. The second-order valence-corrected chi connectivity index (χ2v) is 7.06. The molecule has 1 aliphatic heterocycles. The van der Waals surface area contributed by atoms with E-state index >= 15 is 0 Å². The van der Waals surface area contributed by atoms with Crippen molar-refractivity contribution in [1.29, 1.82) is 0 Å². The Hall–Kier alpha value is -2.64. The van der Waals surface area contributed by atoms with Crippen LogP contribution in [0, 0.1) is 0 Å². The Morgan fingerprint density at radius 1 is 1.04 bits per heavy atom. The largest absolute Gasteiger partial charge is 0.335 e. The fourth-order valence-electron chi connectivity index (χ4n) is 3.25. The molecule has 1 amide bonds. The van der Waals surface area contributed by atoms with Crippen molar-refractivity contribution in [3.8, 4) is 0 Å². The van der Waals surface area contributed by atoms with E-state index in [-0.39, 0.29) is 5.91 Å². The third kappa shape index (κ3) is 4.37. The standard InChI is InChI=1S/C19H21ClN6O/c20-17-4-1-3-16(13-17)14-23-9-11-24(12-10-23)19(27)18-5-8-26(22-18)15-25-7-2-6-21-25/h1-8,13H,9-12,14-15H2. The number of nitrogens with zero attached hydrogens (tertiary/aromatic N) is 6. The van der Waals surface area contributed by atoms with Gasteiger partial charge in [0.15, 0.2) is 0 Å². The molecule has 0 N–H and O–H groups in total. The van der Waals surface area contributed by atoms with Gasteiger partial charge in [0, 0.05) is 56.3 Å². The summed E-state index contributed by atoms with van der Waals surface area (Å²) in [4.78, 5) is 16.9. The zero-order chi connectivity index (χ0) is 18.6. The zero-order valence-electron chi connectivity index (χ0n) is 14.9. The lowest BCUT2D eigenvalue weighted by atomic mass is 10.2. The van der Waals surface area contributed by atoms with Gasteiger partial charge in [0.2, 0.25) is 0 Å². The van der Waals surface area contributed by atoms with E-state index in [0.717, 1.165) is 24.7 Å². The van der Waals surface area contributed by atoms with Crippen LogP contribution < -0.4 is 0 Å². The molecule has 0 saturated carbocycles. The van der Waals surface area contributed by atoms with E-state index in [0.29, 0.717) is 25.5 Å². The third-order valence-corrected chi connectivity index (χ3v) is 4.90. The summed E-state index contributed by atoms with van der Waals surface area (Å²) in [6, 6.07) is 11.5. The summed E-state index contributed by atoms with van der Waals surface area (Å²) in [7, 11) is 0. The van der Waals surface area contributed by atoms with Gasteiger partial charge in [0.25, 0.3) is 5.91 Å². The SMILES string of the molecule is O=C(c1ccn(Cn2cccn2)n1)N1CCN(Cc2cccc(Cl)c2)CC1. The fraction of sp³-hybridized carbons (Fsp3) is 0.316. The molecule has 2 aromatic heterocycles. The molecule has 8 heteroatoms. The highest BCUT2D eigenvalue weighted by Crippen LogP contribution is 2.14. The van der Waals surface area contributed by atoms with Gasteiger partial charge in [0.05, 0.1) is 0 Å². The number of benzene rings is 1. The predicted molar refractivity (Wildman–Crippen MR) is 102 cm³/mol. The molecule has 0 unspecified atom stereocenters. The third-order valence-electron chi connectivity index (χ3n) is 4.66. The number of hydrogen-bond donors (Lipinski definition) is 0. The topological polar surface area (TPSA) is 59.2 Å². The maximum Gasteiger partial charge on any atom is 0.274 e. The van der Waals surface area contributed by atoms with E-state index in [1.165, 1.54) is 5.56 Å². The first kappa shape index (κ1) is 17.8. The Labute approximate surface area is 162 Å². The minimum Gasteiger partial charge on any atom is -0.335 e. The lowest BCUT2D eigenvalue weighted by Gasteiger charge is -2.34. The van der Waals surface area contributed by atoms with Gasteiger partial charge in [-0.2, -0.15) is 10.2 Å². The lowest BCUT2D eigenvalue weighted by molar-refractivity contribution is 0.0621. The number of piperazine rings is 1. The Balaban J connectivity index is 1.31. The summed E-state index contributed by atoms with van der Waals surface area (Å²) in [6.45, 7) is 4.42. The first-order chi connectivity index (χ1) is 13.2. The van der Waals surface area contributed by atoms with Crippen LogP contribution in [0.4, 0.5) is 0 Å². The molecular formula is C19H21ClN6O. The summed E-state index contributed by atoms with van der Waals surface area (Å²) in [5, 5.41) is 9.30. The van der Waals surface area contributed by atoms with Gasteiger partial charge in [-0.1, -0.05) is 23.7 Å². The monoisotopic (exact) mass is 384 g/mol. The summed E-state index contributed by atoms with van der Waals surface area (Å²) in [5.41, 5.74) is 1.67. The number of carbonyl (C=O) groups is 1. The molecule has 0 radical (unpaired) electrons. The molecule has 3 aromatic rings. The molecule has 1 aromatic carbocycles. The van der Waals surface area contributed by atoms with Gasteiger partial charge in [-0.05, 0) is 29.8 Å². The Kier molecular flexibility index (Phi) is 5.22. The van der Waals surface area contributed by atoms with Crippen molar-refractivity contribution in [3.63, 3.8) is 0 Å². The average molecular weight is 385 g/mol. The number of rotatable bonds is 5. The number of amides is 1. The van der Waals surface area contributed by atoms with Gasteiger partial charge < -0.3 is 4.90 Å². The van der Waals surface area contributed by atoms with Crippen LogP contribution >= 0.6 is 11.6 Å². The van der Waals surface area contributed by atoms with Crippen molar-refractivity contribution in [2.24, 2.45) is 0 Å². The van der Waals surface area contributed by atoms with Crippen molar-refractivity contribution in [3.05, 3.63) is 71.3 Å². The maximum atomic E-state index is 12.7. The highest BCUT2D eigenvalue weighted by Gasteiger charge is 2.23. The van der Waals surface area contributed by atoms with Gasteiger partial charge in [0.1, 0.15) is 12.4 Å². The molecule has 1 saturated heterocycles. The first-order valence-electron chi connectivity index (χ1n) is 8.94. The van der Waals surface area contributed by atoms with Gasteiger partial charge in [-0.3, -0.25) is 19.1 Å². The smallest absolute Gasteiger partial charge is 0.274 e. The van der Waals surface area contributed by atoms with Crippen LogP contribution in [-0.4, -0.2) is 61.4 Å². The normalized spacial score (nSPS) is 15.2. The Morgan fingerprint density at radius 3 is 2.63 bits per heavy atom. The molecule has 140 valence electrons. The van der Waals surface area contributed by atoms with E-state index in [4.69, 9.17) is 11.6 Å². The second-order valence-electron chi connectivity index (χ2n) is 6.63. The highest BCUT2D eigenvalue weighted by molar-refractivity contribution is 6.30. The highest BCUT2D eigenvalue weighted by atomic mass is 35.5. The van der Waals surface area contributed by atoms with E-state index in [2.05, 4.69) is 21.2 Å². The van der Waals surface area contributed by atoms with Crippen LogP contribution in [0.2, 0.25) is 5.02 Å².